The van der Waals surface area contributed by atoms with E-state index in [0.29, 0.717) is 6.04 Å². The van der Waals surface area contributed by atoms with E-state index in [1.54, 1.807) is 0 Å². The Morgan fingerprint density at radius 2 is 1.95 bits per heavy atom. The molecule has 1 aromatic heterocycles. The van der Waals surface area contributed by atoms with Crippen LogP contribution in [0.1, 0.15) is 31.4 Å². The van der Waals surface area contributed by atoms with Gasteiger partial charge in [-0.25, -0.2) is 0 Å². The van der Waals surface area contributed by atoms with Crippen molar-refractivity contribution in [2.45, 2.75) is 44.3 Å². The van der Waals surface area contributed by atoms with E-state index in [4.69, 9.17) is 0 Å². The van der Waals surface area contributed by atoms with Gasteiger partial charge in [-0.05, 0) is 76.7 Å². The largest absolute Gasteiger partial charge is 0.308 e. The zero-order valence-corrected chi connectivity index (χ0v) is 14.1. The summed E-state index contributed by atoms with van der Waals surface area (Å²) in [4.78, 5) is 7.11. The molecule has 2 aliphatic rings. The second-order valence-corrected chi connectivity index (χ2v) is 7.27. The second kappa shape index (κ2) is 6.20. The number of pyridine rings is 1. The van der Waals surface area contributed by atoms with Gasteiger partial charge in [0.25, 0.3) is 0 Å². The van der Waals surface area contributed by atoms with Crippen LogP contribution in [0.4, 0.5) is 0 Å². The number of aromatic nitrogens is 1. The lowest BCUT2D eigenvalue weighted by Crippen LogP contribution is -2.43. The van der Waals surface area contributed by atoms with Gasteiger partial charge >= 0.3 is 0 Å². The lowest BCUT2D eigenvalue weighted by Gasteiger charge is -2.32. The van der Waals surface area contributed by atoms with Gasteiger partial charge in [-0.1, -0.05) is 0 Å². The quantitative estimate of drug-likeness (QED) is 0.857. The molecule has 0 spiro atoms. The molecule has 0 atom stereocenters. The molecule has 1 saturated heterocycles. The molecule has 19 heavy (non-hydrogen) atoms. The summed E-state index contributed by atoms with van der Waals surface area (Å²) in [6, 6.07) is 3.62. The summed E-state index contributed by atoms with van der Waals surface area (Å²) >= 11 is 7.00. The summed E-state index contributed by atoms with van der Waals surface area (Å²) in [7, 11) is 0. The van der Waals surface area contributed by atoms with Crippen molar-refractivity contribution < 1.29 is 0 Å². The van der Waals surface area contributed by atoms with Crippen molar-refractivity contribution >= 4 is 31.9 Å². The Kier molecular flexibility index (Phi) is 4.57. The molecular formula is C14H19Br2N3. The summed E-state index contributed by atoms with van der Waals surface area (Å²) in [6.07, 6.45) is 7.24. The molecule has 3 rings (SSSR count). The van der Waals surface area contributed by atoms with Crippen molar-refractivity contribution in [3.8, 4) is 0 Å². The summed E-state index contributed by atoms with van der Waals surface area (Å²) in [5.41, 5.74) is 1.09. The van der Waals surface area contributed by atoms with Crippen LogP contribution in [0.25, 0.3) is 0 Å². The van der Waals surface area contributed by atoms with E-state index < -0.39 is 0 Å². The standard InChI is InChI=1S/C14H19Br2N3/c15-10-7-13(16)14(18-8-10)9-17-11-3-5-19(6-4-11)12-1-2-12/h7-8,11-12,17H,1-6,9H2. The molecule has 2 fully saturated rings. The number of halogens is 2. The molecule has 1 aliphatic carbocycles. The molecule has 1 saturated carbocycles. The normalized spacial score (nSPS) is 21.8. The summed E-state index contributed by atoms with van der Waals surface area (Å²) in [5, 5.41) is 3.64. The van der Waals surface area contributed by atoms with Gasteiger partial charge in [-0.2, -0.15) is 0 Å². The highest BCUT2D eigenvalue weighted by atomic mass is 79.9. The molecule has 1 aliphatic heterocycles. The average Bonchev–Trinajstić information content (AvgIpc) is 3.23. The lowest BCUT2D eigenvalue weighted by molar-refractivity contribution is 0.189. The highest BCUT2D eigenvalue weighted by Gasteiger charge is 2.31. The van der Waals surface area contributed by atoms with Crippen LogP contribution in [-0.4, -0.2) is 35.1 Å². The first-order valence-corrected chi connectivity index (χ1v) is 8.58. The lowest BCUT2D eigenvalue weighted by atomic mass is 10.0. The topological polar surface area (TPSA) is 28.2 Å². The first-order valence-electron chi connectivity index (χ1n) is 7.00. The van der Waals surface area contributed by atoms with Crippen LogP contribution in [0.15, 0.2) is 21.2 Å². The maximum Gasteiger partial charge on any atom is 0.0684 e. The molecule has 5 heteroatoms. The van der Waals surface area contributed by atoms with Gasteiger partial charge in [0.05, 0.1) is 5.69 Å². The molecule has 1 aromatic rings. The Morgan fingerprint density at radius 3 is 2.58 bits per heavy atom. The van der Waals surface area contributed by atoms with E-state index in [1.807, 2.05) is 6.20 Å². The Balaban J connectivity index is 1.47. The van der Waals surface area contributed by atoms with E-state index in [0.717, 1.165) is 27.2 Å². The van der Waals surface area contributed by atoms with E-state index in [2.05, 4.69) is 53.1 Å². The van der Waals surface area contributed by atoms with Crippen LogP contribution in [0.2, 0.25) is 0 Å². The zero-order chi connectivity index (χ0) is 13.2. The summed E-state index contributed by atoms with van der Waals surface area (Å²) < 4.78 is 2.09. The Bertz CT molecular complexity index is 440. The van der Waals surface area contributed by atoms with Crippen LogP contribution < -0.4 is 5.32 Å². The molecule has 104 valence electrons. The second-order valence-electron chi connectivity index (χ2n) is 5.50. The van der Waals surface area contributed by atoms with E-state index in [-0.39, 0.29) is 0 Å². The first kappa shape index (κ1) is 14.0. The third-order valence-corrected chi connectivity index (χ3v) is 5.16. The van der Waals surface area contributed by atoms with Crippen LogP contribution >= 0.6 is 31.9 Å². The molecule has 0 unspecified atom stereocenters. The van der Waals surface area contributed by atoms with E-state index in [1.165, 1.54) is 38.8 Å². The Labute approximate surface area is 131 Å². The van der Waals surface area contributed by atoms with Gasteiger partial charge in [0, 0.05) is 33.8 Å². The SMILES string of the molecule is Brc1cnc(CNC2CCN(C3CC3)CC2)c(Br)c1. The number of likely N-dealkylation sites (tertiary alicyclic amines) is 1. The summed E-state index contributed by atoms with van der Waals surface area (Å²) in [6.45, 7) is 3.37. The van der Waals surface area contributed by atoms with Crippen molar-refractivity contribution in [2.75, 3.05) is 13.1 Å². The molecule has 0 bridgehead atoms. The Morgan fingerprint density at radius 1 is 1.21 bits per heavy atom. The smallest absolute Gasteiger partial charge is 0.0684 e. The maximum atomic E-state index is 4.45. The number of hydrogen-bond donors (Lipinski definition) is 1. The predicted octanol–water partition coefficient (Wildman–Crippen LogP) is 3.32. The van der Waals surface area contributed by atoms with Crippen LogP contribution in [0.3, 0.4) is 0 Å². The van der Waals surface area contributed by atoms with E-state index >= 15 is 0 Å². The van der Waals surface area contributed by atoms with Crippen molar-refractivity contribution in [1.29, 1.82) is 0 Å². The number of rotatable bonds is 4. The van der Waals surface area contributed by atoms with Gasteiger partial charge in [-0.15, -0.1) is 0 Å². The van der Waals surface area contributed by atoms with Gasteiger partial charge in [-0.3, -0.25) is 4.98 Å². The zero-order valence-electron chi connectivity index (χ0n) is 10.9. The van der Waals surface area contributed by atoms with Crippen LogP contribution in [-0.2, 0) is 6.54 Å². The first-order chi connectivity index (χ1) is 9.22. The fourth-order valence-electron chi connectivity index (χ4n) is 2.72. The van der Waals surface area contributed by atoms with Crippen molar-refractivity contribution in [3.63, 3.8) is 0 Å². The molecule has 0 aromatic carbocycles. The minimum Gasteiger partial charge on any atom is -0.308 e. The average molecular weight is 389 g/mol. The van der Waals surface area contributed by atoms with Gasteiger partial charge in [0.2, 0.25) is 0 Å². The minimum atomic E-state index is 0.646. The number of nitrogens with zero attached hydrogens (tertiary/aromatic N) is 2. The third kappa shape index (κ3) is 3.78. The molecule has 0 amide bonds. The summed E-state index contributed by atoms with van der Waals surface area (Å²) in [5.74, 6) is 0. The molecule has 3 nitrogen and oxygen atoms in total. The third-order valence-electron chi connectivity index (χ3n) is 4.04. The van der Waals surface area contributed by atoms with Crippen LogP contribution in [0.5, 0.6) is 0 Å². The monoisotopic (exact) mass is 387 g/mol. The highest BCUT2D eigenvalue weighted by molar-refractivity contribution is 9.11. The number of piperidine rings is 1. The highest BCUT2D eigenvalue weighted by Crippen LogP contribution is 2.29. The fraction of sp³-hybridized carbons (Fsp3) is 0.643. The number of hydrogen-bond acceptors (Lipinski definition) is 3. The molecular weight excluding hydrogens is 370 g/mol. The van der Waals surface area contributed by atoms with Crippen molar-refractivity contribution in [1.82, 2.24) is 15.2 Å². The van der Waals surface area contributed by atoms with E-state index in [9.17, 15) is 0 Å². The maximum absolute atomic E-state index is 4.45. The van der Waals surface area contributed by atoms with Crippen molar-refractivity contribution in [2.24, 2.45) is 0 Å². The molecule has 1 N–H and O–H groups in total. The van der Waals surface area contributed by atoms with Gasteiger partial charge in [0.15, 0.2) is 0 Å². The minimum absolute atomic E-state index is 0.646. The predicted molar refractivity (Wildman–Crippen MR) is 84.1 cm³/mol. The number of nitrogens with one attached hydrogen (secondary N) is 1. The molecule has 0 radical (unpaired) electrons. The molecule has 2 heterocycles. The van der Waals surface area contributed by atoms with Crippen molar-refractivity contribution in [3.05, 3.63) is 26.9 Å². The van der Waals surface area contributed by atoms with Gasteiger partial charge < -0.3 is 10.2 Å². The van der Waals surface area contributed by atoms with Gasteiger partial charge in [0.1, 0.15) is 0 Å². The van der Waals surface area contributed by atoms with Crippen LogP contribution in [0, 0.1) is 0 Å². The fourth-order valence-corrected chi connectivity index (χ4v) is 3.85. The Hall–Kier alpha value is 0.0300.